The van der Waals surface area contributed by atoms with Crippen LogP contribution in [-0.4, -0.2) is 10.2 Å². The SMILES string of the molecule is Clc1ccc([C@H](Nc2cccc(Cl)c2)c2nnc(-c3ccccc3)o2)cc1. The number of aromatic nitrogens is 2. The van der Waals surface area contributed by atoms with E-state index in [2.05, 4.69) is 15.5 Å². The number of nitrogens with one attached hydrogen (secondary N) is 1. The Morgan fingerprint density at radius 1 is 0.778 bits per heavy atom. The van der Waals surface area contributed by atoms with E-state index in [0.717, 1.165) is 16.8 Å². The smallest absolute Gasteiger partial charge is 0.247 e. The maximum atomic E-state index is 6.12. The van der Waals surface area contributed by atoms with Crippen molar-refractivity contribution in [3.63, 3.8) is 0 Å². The van der Waals surface area contributed by atoms with Crippen molar-refractivity contribution in [3.8, 4) is 11.5 Å². The van der Waals surface area contributed by atoms with Gasteiger partial charge < -0.3 is 9.73 Å². The Kier molecular flexibility index (Phi) is 5.10. The molecule has 0 aliphatic rings. The highest BCUT2D eigenvalue weighted by atomic mass is 35.5. The Labute approximate surface area is 166 Å². The molecule has 134 valence electrons. The van der Waals surface area contributed by atoms with Crippen molar-refractivity contribution in [1.82, 2.24) is 10.2 Å². The molecular formula is C21H15Cl2N3O. The van der Waals surface area contributed by atoms with Gasteiger partial charge in [-0.2, -0.15) is 0 Å². The van der Waals surface area contributed by atoms with Gasteiger partial charge >= 0.3 is 0 Å². The Morgan fingerprint density at radius 2 is 1.56 bits per heavy atom. The summed E-state index contributed by atoms with van der Waals surface area (Å²) in [6.45, 7) is 0. The molecule has 0 unspecified atom stereocenters. The minimum Gasteiger partial charge on any atom is -0.418 e. The van der Waals surface area contributed by atoms with Gasteiger partial charge in [0.15, 0.2) is 0 Å². The molecule has 1 aromatic heterocycles. The van der Waals surface area contributed by atoms with Crippen LogP contribution in [0.3, 0.4) is 0 Å². The Bertz CT molecular complexity index is 1030. The minimum absolute atomic E-state index is 0.342. The largest absolute Gasteiger partial charge is 0.418 e. The average molecular weight is 396 g/mol. The molecule has 1 heterocycles. The Morgan fingerprint density at radius 3 is 2.30 bits per heavy atom. The summed E-state index contributed by atoms with van der Waals surface area (Å²) in [5, 5.41) is 13.2. The van der Waals surface area contributed by atoms with Crippen LogP contribution in [0.2, 0.25) is 10.0 Å². The Balaban J connectivity index is 1.71. The van der Waals surface area contributed by atoms with E-state index >= 15 is 0 Å². The molecule has 0 fully saturated rings. The molecule has 0 bridgehead atoms. The minimum atomic E-state index is -0.342. The first-order chi connectivity index (χ1) is 13.2. The highest BCUT2D eigenvalue weighted by Crippen LogP contribution is 2.30. The van der Waals surface area contributed by atoms with Crippen molar-refractivity contribution < 1.29 is 4.42 Å². The second-order valence-corrected chi connectivity index (χ2v) is 6.82. The van der Waals surface area contributed by atoms with Crippen LogP contribution in [0.15, 0.2) is 83.3 Å². The number of hydrogen-bond donors (Lipinski definition) is 1. The van der Waals surface area contributed by atoms with Crippen LogP contribution in [0.1, 0.15) is 17.5 Å². The zero-order valence-corrected chi connectivity index (χ0v) is 15.7. The first-order valence-electron chi connectivity index (χ1n) is 8.35. The number of hydrogen-bond acceptors (Lipinski definition) is 4. The normalized spacial score (nSPS) is 11.9. The molecule has 1 atom stereocenters. The van der Waals surface area contributed by atoms with E-state index in [9.17, 15) is 0 Å². The van der Waals surface area contributed by atoms with Crippen LogP contribution in [0.25, 0.3) is 11.5 Å². The highest BCUT2D eigenvalue weighted by molar-refractivity contribution is 6.31. The number of benzene rings is 3. The monoisotopic (exact) mass is 395 g/mol. The van der Waals surface area contributed by atoms with Crippen molar-refractivity contribution in [2.45, 2.75) is 6.04 Å². The Hall–Kier alpha value is -2.82. The van der Waals surface area contributed by atoms with Crippen molar-refractivity contribution in [1.29, 1.82) is 0 Å². The van der Waals surface area contributed by atoms with Crippen LogP contribution in [0, 0.1) is 0 Å². The number of nitrogens with zero attached hydrogens (tertiary/aromatic N) is 2. The molecule has 0 saturated heterocycles. The molecule has 4 aromatic rings. The fraction of sp³-hybridized carbons (Fsp3) is 0.0476. The molecule has 4 nitrogen and oxygen atoms in total. The lowest BCUT2D eigenvalue weighted by Crippen LogP contribution is -2.12. The standard InChI is InChI=1S/C21H15Cl2N3O/c22-16-11-9-14(10-12-16)19(24-18-8-4-7-17(23)13-18)21-26-25-20(27-21)15-5-2-1-3-6-15/h1-13,19,24H/t19-/m0/s1. The van der Waals surface area contributed by atoms with Crippen LogP contribution in [0.5, 0.6) is 0 Å². The third-order valence-corrected chi connectivity index (χ3v) is 4.53. The van der Waals surface area contributed by atoms with E-state index in [-0.39, 0.29) is 6.04 Å². The van der Waals surface area contributed by atoms with Gasteiger partial charge in [-0.05, 0) is 48.0 Å². The van der Waals surface area contributed by atoms with Gasteiger partial charge in [0.25, 0.3) is 0 Å². The lowest BCUT2D eigenvalue weighted by molar-refractivity contribution is 0.494. The molecule has 0 radical (unpaired) electrons. The average Bonchev–Trinajstić information content (AvgIpc) is 3.18. The van der Waals surface area contributed by atoms with Gasteiger partial charge in [-0.15, -0.1) is 10.2 Å². The zero-order chi connectivity index (χ0) is 18.6. The van der Waals surface area contributed by atoms with Crippen molar-refractivity contribution >= 4 is 28.9 Å². The highest BCUT2D eigenvalue weighted by Gasteiger charge is 2.21. The third kappa shape index (κ3) is 4.13. The molecule has 1 N–H and O–H groups in total. The van der Waals surface area contributed by atoms with E-state index in [0.29, 0.717) is 21.8 Å². The fourth-order valence-electron chi connectivity index (χ4n) is 2.74. The maximum Gasteiger partial charge on any atom is 0.247 e. The predicted octanol–water partition coefficient (Wildman–Crippen LogP) is 6.24. The van der Waals surface area contributed by atoms with Gasteiger partial charge in [-0.1, -0.05) is 59.6 Å². The van der Waals surface area contributed by atoms with E-state index in [1.165, 1.54) is 0 Å². The molecule has 6 heteroatoms. The molecule has 0 spiro atoms. The summed E-state index contributed by atoms with van der Waals surface area (Å²) in [5.41, 5.74) is 2.67. The van der Waals surface area contributed by atoms with Gasteiger partial charge in [0.1, 0.15) is 6.04 Å². The molecule has 0 aliphatic carbocycles. The summed E-state index contributed by atoms with van der Waals surface area (Å²) in [4.78, 5) is 0. The van der Waals surface area contributed by atoms with Gasteiger partial charge in [-0.3, -0.25) is 0 Å². The van der Waals surface area contributed by atoms with Crippen molar-refractivity contribution in [3.05, 3.63) is 100 Å². The molecule has 0 aliphatic heterocycles. The summed E-state index contributed by atoms with van der Waals surface area (Å²) in [6, 6.07) is 24.3. The van der Waals surface area contributed by atoms with Crippen molar-refractivity contribution in [2.24, 2.45) is 0 Å². The van der Waals surface area contributed by atoms with Crippen LogP contribution in [0.4, 0.5) is 5.69 Å². The van der Waals surface area contributed by atoms with E-state index < -0.39 is 0 Å². The quantitative estimate of drug-likeness (QED) is 0.434. The molecule has 27 heavy (non-hydrogen) atoms. The van der Waals surface area contributed by atoms with Crippen LogP contribution < -0.4 is 5.32 Å². The van der Waals surface area contributed by atoms with Gasteiger partial charge in [0, 0.05) is 21.3 Å². The molecule has 0 amide bonds. The predicted molar refractivity (Wildman–Crippen MR) is 108 cm³/mol. The summed E-state index contributed by atoms with van der Waals surface area (Å²) in [5.74, 6) is 0.925. The van der Waals surface area contributed by atoms with Gasteiger partial charge in [0.05, 0.1) is 0 Å². The third-order valence-electron chi connectivity index (χ3n) is 4.05. The zero-order valence-electron chi connectivity index (χ0n) is 14.1. The summed E-state index contributed by atoms with van der Waals surface area (Å²) < 4.78 is 5.97. The second-order valence-electron chi connectivity index (χ2n) is 5.95. The maximum absolute atomic E-state index is 6.12. The second kappa shape index (κ2) is 7.82. The van der Waals surface area contributed by atoms with Crippen LogP contribution >= 0.6 is 23.2 Å². The lowest BCUT2D eigenvalue weighted by Gasteiger charge is -2.17. The van der Waals surface area contributed by atoms with Gasteiger partial charge in [-0.25, -0.2) is 0 Å². The molecular weight excluding hydrogens is 381 g/mol. The summed E-state index contributed by atoms with van der Waals surface area (Å²) in [7, 11) is 0. The molecule has 0 saturated carbocycles. The van der Waals surface area contributed by atoms with E-state index in [1.54, 1.807) is 0 Å². The molecule has 3 aromatic carbocycles. The molecule has 4 rings (SSSR count). The van der Waals surface area contributed by atoms with Crippen LogP contribution in [-0.2, 0) is 0 Å². The first kappa shape index (κ1) is 17.6. The number of halogens is 2. The van der Waals surface area contributed by atoms with E-state index in [1.807, 2.05) is 78.9 Å². The topological polar surface area (TPSA) is 51.0 Å². The fourth-order valence-corrected chi connectivity index (χ4v) is 3.05. The lowest BCUT2D eigenvalue weighted by atomic mass is 10.1. The van der Waals surface area contributed by atoms with E-state index in [4.69, 9.17) is 27.6 Å². The summed E-state index contributed by atoms with van der Waals surface area (Å²) in [6.07, 6.45) is 0. The summed E-state index contributed by atoms with van der Waals surface area (Å²) >= 11 is 12.2. The number of anilines is 1. The van der Waals surface area contributed by atoms with Gasteiger partial charge in [0.2, 0.25) is 11.8 Å². The van der Waals surface area contributed by atoms with Crippen molar-refractivity contribution in [2.75, 3.05) is 5.32 Å². The number of rotatable bonds is 5. The first-order valence-corrected chi connectivity index (χ1v) is 9.11.